The lowest BCUT2D eigenvalue weighted by atomic mass is 10.3. The summed E-state index contributed by atoms with van der Waals surface area (Å²) in [4.78, 5) is 27.1. The van der Waals surface area contributed by atoms with Crippen molar-refractivity contribution in [3.05, 3.63) is 64.7 Å². The van der Waals surface area contributed by atoms with Crippen LogP contribution in [0.3, 0.4) is 0 Å². The van der Waals surface area contributed by atoms with Crippen molar-refractivity contribution in [1.82, 2.24) is 19.9 Å². The third-order valence-electron chi connectivity index (χ3n) is 3.16. The predicted molar refractivity (Wildman–Crippen MR) is 88.5 cm³/mol. The Morgan fingerprint density at radius 2 is 1.67 bits per heavy atom. The molecule has 3 aromatic heterocycles. The fraction of sp³-hybridized carbons (Fsp3) is 0.0667. The molecule has 0 unspecified atom stereocenters. The topological polar surface area (TPSA) is 119 Å². The minimum atomic E-state index is -0.550. The first kappa shape index (κ1) is 15.3. The fourth-order valence-electron chi connectivity index (χ4n) is 2.02. The van der Waals surface area contributed by atoms with E-state index in [2.05, 4.69) is 30.6 Å². The number of aromatic nitrogens is 4. The molecule has 120 valence electrons. The molecule has 0 aliphatic rings. The minimum absolute atomic E-state index is 0.0461. The van der Waals surface area contributed by atoms with Crippen molar-refractivity contribution in [3.63, 3.8) is 0 Å². The first-order chi connectivity index (χ1) is 11.6. The summed E-state index contributed by atoms with van der Waals surface area (Å²) < 4.78 is 0. The highest BCUT2D eigenvalue weighted by Gasteiger charge is 2.24. The summed E-state index contributed by atoms with van der Waals surface area (Å²) in [6, 6.07) is 8.81. The highest BCUT2D eigenvalue weighted by molar-refractivity contribution is 5.75. The Hall–Kier alpha value is -3.62. The lowest BCUT2D eigenvalue weighted by molar-refractivity contribution is -0.383. The van der Waals surface area contributed by atoms with E-state index in [0.717, 1.165) is 5.56 Å². The molecule has 3 heterocycles. The SMILES string of the molecule is Cc1cccnc1Nc1ncnc(Nc2ccccn2)c1[N+](=O)[O-]. The third kappa shape index (κ3) is 3.24. The zero-order chi connectivity index (χ0) is 16.9. The maximum absolute atomic E-state index is 11.5. The molecule has 0 radical (unpaired) electrons. The van der Waals surface area contributed by atoms with E-state index in [1.165, 1.54) is 6.33 Å². The number of rotatable bonds is 5. The lowest BCUT2D eigenvalue weighted by Crippen LogP contribution is -2.07. The zero-order valence-electron chi connectivity index (χ0n) is 12.7. The first-order valence-electron chi connectivity index (χ1n) is 7.01. The van der Waals surface area contributed by atoms with Gasteiger partial charge in [-0.1, -0.05) is 12.1 Å². The number of hydrogen-bond acceptors (Lipinski definition) is 8. The van der Waals surface area contributed by atoms with Crippen LogP contribution in [0.4, 0.5) is 29.0 Å². The van der Waals surface area contributed by atoms with E-state index in [-0.39, 0.29) is 17.3 Å². The van der Waals surface area contributed by atoms with Crippen molar-refractivity contribution in [2.45, 2.75) is 6.92 Å². The summed E-state index contributed by atoms with van der Waals surface area (Å²) in [5, 5.41) is 17.2. The second-order valence-corrected chi connectivity index (χ2v) is 4.81. The van der Waals surface area contributed by atoms with E-state index in [0.29, 0.717) is 11.6 Å². The van der Waals surface area contributed by atoms with Gasteiger partial charge in [-0.05, 0) is 30.7 Å². The van der Waals surface area contributed by atoms with Crippen molar-refractivity contribution in [2.24, 2.45) is 0 Å². The summed E-state index contributed by atoms with van der Waals surface area (Å²) in [7, 11) is 0. The number of pyridine rings is 2. The maximum Gasteiger partial charge on any atom is 0.354 e. The van der Waals surface area contributed by atoms with Crippen LogP contribution >= 0.6 is 0 Å². The average Bonchev–Trinajstić information content (AvgIpc) is 2.58. The van der Waals surface area contributed by atoms with Crippen LogP contribution in [0.5, 0.6) is 0 Å². The Morgan fingerprint density at radius 3 is 2.33 bits per heavy atom. The van der Waals surface area contributed by atoms with Crippen molar-refractivity contribution in [2.75, 3.05) is 10.6 Å². The predicted octanol–water partition coefficient (Wildman–Crippen LogP) is 2.97. The fourth-order valence-corrected chi connectivity index (χ4v) is 2.02. The number of aryl methyl sites for hydroxylation is 1. The zero-order valence-corrected chi connectivity index (χ0v) is 12.7. The second kappa shape index (κ2) is 6.65. The molecule has 0 saturated heterocycles. The molecule has 3 aromatic rings. The smallest absolute Gasteiger partial charge is 0.319 e. The number of hydrogen-bond donors (Lipinski definition) is 2. The summed E-state index contributed by atoms with van der Waals surface area (Å²) >= 11 is 0. The summed E-state index contributed by atoms with van der Waals surface area (Å²) in [6.45, 7) is 1.84. The van der Waals surface area contributed by atoms with Crippen LogP contribution in [-0.2, 0) is 0 Å². The molecule has 2 N–H and O–H groups in total. The number of anilines is 4. The Labute approximate surface area is 137 Å². The second-order valence-electron chi connectivity index (χ2n) is 4.81. The molecule has 3 rings (SSSR count). The molecular weight excluding hydrogens is 310 g/mol. The highest BCUT2D eigenvalue weighted by Crippen LogP contribution is 2.32. The molecule has 9 nitrogen and oxygen atoms in total. The van der Waals surface area contributed by atoms with E-state index in [9.17, 15) is 10.1 Å². The first-order valence-corrected chi connectivity index (χ1v) is 7.01. The van der Waals surface area contributed by atoms with Gasteiger partial charge in [0.05, 0.1) is 4.92 Å². The lowest BCUT2D eigenvalue weighted by Gasteiger charge is -2.10. The van der Waals surface area contributed by atoms with Gasteiger partial charge in [-0.2, -0.15) is 0 Å². The van der Waals surface area contributed by atoms with Crippen LogP contribution in [0, 0.1) is 17.0 Å². The van der Waals surface area contributed by atoms with E-state index >= 15 is 0 Å². The van der Waals surface area contributed by atoms with Gasteiger partial charge in [0.15, 0.2) is 0 Å². The van der Waals surface area contributed by atoms with E-state index in [4.69, 9.17) is 0 Å². The monoisotopic (exact) mass is 323 g/mol. The molecule has 0 aliphatic carbocycles. The van der Waals surface area contributed by atoms with Gasteiger partial charge in [0, 0.05) is 12.4 Å². The van der Waals surface area contributed by atoms with E-state index in [1.54, 1.807) is 36.7 Å². The molecule has 0 aromatic carbocycles. The Morgan fingerprint density at radius 1 is 0.917 bits per heavy atom. The van der Waals surface area contributed by atoms with Crippen LogP contribution in [0.25, 0.3) is 0 Å². The van der Waals surface area contributed by atoms with Gasteiger partial charge < -0.3 is 10.6 Å². The van der Waals surface area contributed by atoms with Gasteiger partial charge in [0.1, 0.15) is 18.0 Å². The molecule has 0 amide bonds. The summed E-state index contributed by atoms with van der Waals surface area (Å²) in [5.74, 6) is 1.03. The molecule has 0 saturated carbocycles. The molecular formula is C15H13N7O2. The van der Waals surface area contributed by atoms with Crippen LogP contribution in [0.2, 0.25) is 0 Å². The number of nitrogens with one attached hydrogen (secondary N) is 2. The third-order valence-corrected chi connectivity index (χ3v) is 3.16. The van der Waals surface area contributed by atoms with Gasteiger partial charge in [-0.25, -0.2) is 19.9 Å². The van der Waals surface area contributed by atoms with Crippen LogP contribution in [-0.4, -0.2) is 24.9 Å². The minimum Gasteiger partial charge on any atom is -0.319 e. The van der Waals surface area contributed by atoms with E-state index in [1.807, 2.05) is 13.0 Å². The molecule has 0 aliphatic heterocycles. The molecule has 9 heteroatoms. The Kier molecular flexibility index (Phi) is 4.23. The molecule has 0 spiro atoms. The van der Waals surface area contributed by atoms with Gasteiger partial charge in [0.2, 0.25) is 11.6 Å². The van der Waals surface area contributed by atoms with Crippen LogP contribution in [0.15, 0.2) is 49.1 Å². The van der Waals surface area contributed by atoms with Crippen molar-refractivity contribution < 1.29 is 4.92 Å². The van der Waals surface area contributed by atoms with E-state index < -0.39 is 4.92 Å². The largest absolute Gasteiger partial charge is 0.354 e. The molecule has 0 fully saturated rings. The van der Waals surface area contributed by atoms with Gasteiger partial charge in [0.25, 0.3) is 0 Å². The number of nitrogens with zero attached hydrogens (tertiary/aromatic N) is 5. The van der Waals surface area contributed by atoms with Crippen molar-refractivity contribution in [3.8, 4) is 0 Å². The Bertz CT molecular complexity index is 871. The Balaban J connectivity index is 1.99. The molecule has 0 bridgehead atoms. The summed E-state index contributed by atoms with van der Waals surface area (Å²) in [5.41, 5.74) is 0.554. The summed E-state index contributed by atoms with van der Waals surface area (Å²) in [6.07, 6.45) is 4.40. The molecule has 24 heavy (non-hydrogen) atoms. The van der Waals surface area contributed by atoms with Gasteiger partial charge in [-0.15, -0.1) is 0 Å². The van der Waals surface area contributed by atoms with Crippen molar-refractivity contribution >= 4 is 29.0 Å². The number of nitro groups is 1. The van der Waals surface area contributed by atoms with Gasteiger partial charge >= 0.3 is 5.69 Å². The molecule has 0 atom stereocenters. The standard InChI is InChI=1S/C15H13N7O2/c1-10-5-4-8-17-13(10)21-15-12(22(23)24)14(18-9-19-15)20-11-6-2-3-7-16-11/h2-9H,1H3,(H2,16,17,18,19,20,21). The van der Waals surface area contributed by atoms with Gasteiger partial charge in [-0.3, -0.25) is 10.1 Å². The quantitative estimate of drug-likeness (QED) is 0.543. The van der Waals surface area contributed by atoms with Crippen LogP contribution in [0.1, 0.15) is 5.56 Å². The average molecular weight is 323 g/mol. The van der Waals surface area contributed by atoms with Crippen molar-refractivity contribution in [1.29, 1.82) is 0 Å². The normalized spacial score (nSPS) is 10.2. The highest BCUT2D eigenvalue weighted by atomic mass is 16.6. The van der Waals surface area contributed by atoms with Crippen LogP contribution < -0.4 is 10.6 Å². The maximum atomic E-state index is 11.5.